The van der Waals surface area contributed by atoms with Gasteiger partial charge in [-0.15, -0.1) is 0 Å². The highest BCUT2D eigenvalue weighted by Gasteiger charge is 2.26. The van der Waals surface area contributed by atoms with Gasteiger partial charge in [-0.3, -0.25) is 14.7 Å². The minimum Gasteiger partial charge on any atom is -0.343 e. The highest BCUT2D eigenvalue weighted by atomic mass is 16.2. The summed E-state index contributed by atoms with van der Waals surface area (Å²) in [5.41, 5.74) is 1.94. The van der Waals surface area contributed by atoms with Gasteiger partial charge in [0.05, 0.1) is 0 Å². The molecule has 4 rings (SSSR count). The zero-order chi connectivity index (χ0) is 18.5. The summed E-state index contributed by atoms with van der Waals surface area (Å²) in [6.07, 6.45) is 12.2. The van der Waals surface area contributed by atoms with Crippen LogP contribution in [-0.2, 0) is 11.3 Å². The molecule has 0 unspecified atom stereocenters. The zero-order valence-electron chi connectivity index (χ0n) is 15.8. The number of pyridine rings is 1. The molecule has 0 aliphatic carbocycles. The molecule has 2 aromatic rings. The van der Waals surface area contributed by atoms with Crippen LogP contribution < -0.4 is 0 Å². The van der Waals surface area contributed by atoms with Gasteiger partial charge in [0.2, 0.25) is 5.91 Å². The van der Waals surface area contributed by atoms with E-state index in [0.717, 1.165) is 56.7 Å². The Balaban J connectivity index is 1.37. The molecule has 0 N–H and O–H groups in total. The fraction of sp³-hybridized carbons (Fsp3) is 0.524. The van der Waals surface area contributed by atoms with Gasteiger partial charge in [0.15, 0.2) is 5.82 Å². The highest BCUT2D eigenvalue weighted by Crippen LogP contribution is 2.23. The summed E-state index contributed by atoms with van der Waals surface area (Å²) in [7, 11) is 0. The lowest BCUT2D eigenvalue weighted by Crippen LogP contribution is -2.41. The van der Waals surface area contributed by atoms with Gasteiger partial charge >= 0.3 is 0 Å². The third kappa shape index (κ3) is 4.50. The molecule has 1 atom stereocenters. The molecule has 6 heteroatoms. The van der Waals surface area contributed by atoms with Crippen molar-refractivity contribution < 1.29 is 4.79 Å². The van der Waals surface area contributed by atoms with Crippen LogP contribution in [0.5, 0.6) is 0 Å². The number of carbonyl (C=O) groups excluding carboxylic acids is 1. The summed E-state index contributed by atoms with van der Waals surface area (Å²) in [6, 6.07) is 6.31. The maximum atomic E-state index is 11.9. The third-order valence-corrected chi connectivity index (χ3v) is 5.64. The zero-order valence-corrected chi connectivity index (χ0v) is 15.8. The Hall–Kier alpha value is -2.34. The predicted octanol–water partition coefficient (Wildman–Crippen LogP) is 2.91. The minimum atomic E-state index is 0.330. The quantitative estimate of drug-likeness (QED) is 0.788. The van der Waals surface area contributed by atoms with Gasteiger partial charge in [-0.05, 0) is 44.4 Å². The van der Waals surface area contributed by atoms with E-state index in [9.17, 15) is 4.79 Å². The van der Waals surface area contributed by atoms with Gasteiger partial charge in [-0.25, -0.2) is 9.97 Å². The summed E-state index contributed by atoms with van der Waals surface area (Å²) in [6.45, 7) is 3.82. The Labute approximate surface area is 160 Å². The van der Waals surface area contributed by atoms with Gasteiger partial charge in [-0.1, -0.05) is 12.5 Å². The molecular formula is C21H27N5O. The van der Waals surface area contributed by atoms with Crippen LogP contribution in [0.1, 0.15) is 44.1 Å². The van der Waals surface area contributed by atoms with Crippen molar-refractivity contribution in [3.63, 3.8) is 0 Å². The predicted molar refractivity (Wildman–Crippen MR) is 104 cm³/mol. The van der Waals surface area contributed by atoms with Crippen molar-refractivity contribution in [1.82, 2.24) is 24.8 Å². The summed E-state index contributed by atoms with van der Waals surface area (Å²) in [4.78, 5) is 29.8. The van der Waals surface area contributed by atoms with Crippen LogP contribution in [0.25, 0.3) is 11.5 Å². The first-order valence-corrected chi connectivity index (χ1v) is 10.0. The van der Waals surface area contributed by atoms with Crippen molar-refractivity contribution in [2.75, 3.05) is 19.6 Å². The van der Waals surface area contributed by atoms with E-state index in [0.29, 0.717) is 17.8 Å². The van der Waals surface area contributed by atoms with Crippen LogP contribution in [0.2, 0.25) is 0 Å². The van der Waals surface area contributed by atoms with Gasteiger partial charge in [0, 0.05) is 56.3 Å². The first kappa shape index (κ1) is 18.0. The maximum Gasteiger partial charge on any atom is 0.222 e. The van der Waals surface area contributed by atoms with Gasteiger partial charge < -0.3 is 4.90 Å². The Kier molecular flexibility index (Phi) is 5.72. The number of likely N-dealkylation sites (tertiary alicyclic amines) is 2. The van der Waals surface area contributed by atoms with E-state index >= 15 is 0 Å². The molecule has 0 spiro atoms. The standard InChI is InChI=1S/C21H27N5O/c27-20-8-5-12-25(20)13-9-18-6-2-4-11-26(18)16-17-14-23-21(24-15-17)19-7-1-3-10-22-19/h1,3,7,10,14-15,18H,2,4-6,8-9,11-13,16H2/t18-/m0/s1. The lowest BCUT2D eigenvalue weighted by molar-refractivity contribution is -0.127. The molecule has 0 bridgehead atoms. The molecule has 1 amide bonds. The summed E-state index contributed by atoms with van der Waals surface area (Å²) in [5.74, 6) is 0.998. The Morgan fingerprint density at radius 1 is 1.04 bits per heavy atom. The number of hydrogen-bond donors (Lipinski definition) is 0. The Morgan fingerprint density at radius 2 is 1.93 bits per heavy atom. The first-order valence-electron chi connectivity index (χ1n) is 10.0. The average molecular weight is 365 g/mol. The lowest BCUT2D eigenvalue weighted by atomic mass is 9.98. The van der Waals surface area contributed by atoms with Crippen molar-refractivity contribution in [1.29, 1.82) is 0 Å². The molecular weight excluding hydrogens is 338 g/mol. The Morgan fingerprint density at radius 3 is 2.67 bits per heavy atom. The van der Waals surface area contributed by atoms with Crippen molar-refractivity contribution in [2.24, 2.45) is 0 Å². The second-order valence-corrected chi connectivity index (χ2v) is 7.52. The van der Waals surface area contributed by atoms with Crippen molar-refractivity contribution in [2.45, 2.75) is 51.1 Å². The smallest absolute Gasteiger partial charge is 0.222 e. The van der Waals surface area contributed by atoms with Gasteiger partial charge in [0.1, 0.15) is 5.69 Å². The number of amides is 1. The number of piperidine rings is 1. The monoisotopic (exact) mass is 365 g/mol. The molecule has 0 saturated carbocycles. The summed E-state index contributed by atoms with van der Waals surface area (Å²) in [5, 5.41) is 0. The van der Waals surface area contributed by atoms with Gasteiger partial charge in [0.25, 0.3) is 0 Å². The van der Waals surface area contributed by atoms with E-state index in [1.165, 1.54) is 19.3 Å². The van der Waals surface area contributed by atoms with Crippen molar-refractivity contribution in [3.8, 4) is 11.5 Å². The van der Waals surface area contributed by atoms with Crippen LogP contribution in [0.15, 0.2) is 36.8 Å². The fourth-order valence-corrected chi connectivity index (χ4v) is 4.14. The van der Waals surface area contributed by atoms with Crippen LogP contribution in [0, 0.1) is 0 Å². The second-order valence-electron chi connectivity index (χ2n) is 7.52. The molecule has 2 aliphatic heterocycles. The maximum absolute atomic E-state index is 11.9. The molecule has 2 fully saturated rings. The topological polar surface area (TPSA) is 62.2 Å². The number of carbonyl (C=O) groups is 1. The minimum absolute atomic E-state index is 0.330. The molecule has 2 aromatic heterocycles. The summed E-state index contributed by atoms with van der Waals surface area (Å²) >= 11 is 0. The number of aromatic nitrogens is 3. The third-order valence-electron chi connectivity index (χ3n) is 5.64. The SMILES string of the molecule is O=C1CCCN1CC[C@@H]1CCCCN1Cc1cnc(-c2ccccn2)nc1. The first-order chi connectivity index (χ1) is 13.3. The normalized spacial score (nSPS) is 21.0. The van der Waals surface area contributed by atoms with E-state index in [4.69, 9.17) is 0 Å². The van der Waals surface area contributed by atoms with Crippen LogP contribution in [0.4, 0.5) is 0 Å². The van der Waals surface area contributed by atoms with Gasteiger partial charge in [-0.2, -0.15) is 0 Å². The molecule has 2 aliphatic rings. The molecule has 4 heterocycles. The molecule has 142 valence electrons. The largest absolute Gasteiger partial charge is 0.343 e. The summed E-state index contributed by atoms with van der Waals surface area (Å²) < 4.78 is 0. The number of nitrogens with zero attached hydrogens (tertiary/aromatic N) is 5. The molecule has 0 aromatic carbocycles. The van der Waals surface area contributed by atoms with E-state index in [-0.39, 0.29) is 0 Å². The van der Waals surface area contributed by atoms with Crippen molar-refractivity contribution in [3.05, 3.63) is 42.4 Å². The fourth-order valence-electron chi connectivity index (χ4n) is 4.14. The molecule has 0 radical (unpaired) electrons. The highest BCUT2D eigenvalue weighted by molar-refractivity contribution is 5.78. The van der Waals surface area contributed by atoms with Crippen molar-refractivity contribution >= 4 is 5.91 Å². The van der Waals surface area contributed by atoms with E-state index < -0.39 is 0 Å². The van der Waals surface area contributed by atoms with Crippen LogP contribution in [0.3, 0.4) is 0 Å². The van der Waals surface area contributed by atoms with E-state index in [2.05, 4.69) is 19.9 Å². The molecule has 27 heavy (non-hydrogen) atoms. The second kappa shape index (κ2) is 8.57. The molecule has 2 saturated heterocycles. The average Bonchev–Trinajstić information content (AvgIpc) is 3.13. The van der Waals surface area contributed by atoms with Crippen LogP contribution >= 0.6 is 0 Å². The lowest BCUT2D eigenvalue weighted by Gasteiger charge is -2.36. The number of rotatable bonds is 6. The molecule has 6 nitrogen and oxygen atoms in total. The van der Waals surface area contributed by atoms with Crippen LogP contribution in [-0.4, -0.2) is 56.3 Å². The van der Waals surface area contributed by atoms with E-state index in [1.54, 1.807) is 6.20 Å². The number of hydrogen-bond acceptors (Lipinski definition) is 5. The van der Waals surface area contributed by atoms with E-state index in [1.807, 2.05) is 35.5 Å². The Bertz CT molecular complexity index is 749.